The summed E-state index contributed by atoms with van der Waals surface area (Å²) in [4.78, 5) is 29.3. The third-order valence-electron chi connectivity index (χ3n) is 3.39. The topological polar surface area (TPSA) is 55.9 Å². The van der Waals surface area contributed by atoms with Crippen molar-refractivity contribution >= 4 is 11.8 Å². The first kappa shape index (κ1) is 15.9. The van der Waals surface area contributed by atoms with E-state index in [-0.39, 0.29) is 11.8 Å². The van der Waals surface area contributed by atoms with Crippen molar-refractivity contribution in [2.75, 3.05) is 60.4 Å². The van der Waals surface area contributed by atoms with Gasteiger partial charge in [-0.1, -0.05) is 0 Å². The molecule has 19 heavy (non-hydrogen) atoms. The normalized spacial score (nSPS) is 17.1. The number of hydrogen-bond donors (Lipinski definition) is 1. The maximum atomic E-state index is 11.9. The SMILES string of the molecule is CNCCC(=O)N1CCCN(CC(=O)N(C)C)CC1. The van der Waals surface area contributed by atoms with E-state index in [0.29, 0.717) is 13.0 Å². The van der Waals surface area contributed by atoms with Crippen molar-refractivity contribution in [3.63, 3.8) is 0 Å². The number of carbonyl (C=O) groups is 2. The Bertz CT molecular complexity index is 307. The van der Waals surface area contributed by atoms with Gasteiger partial charge in [0.25, 0.3) is 0 Å². The number of nitrogens with zero attached hydrogens (tertiary/aromatic N) is 3. The average molecular weight is 270 g/mol. The minimum atomic E-state index is 0.120. The van der Waals surface area contributed by atoms with Gasteiger partial charge in [-0.05, 0) is 13.5 Å². The lowest BCUT2D eigenvalue weighted by Gasteiger charge is -2.22. The molecule has 0 unspecified atom stereocenters. The van der Waals surface area contributed by atoms with E-state index < -0.39 is 0 Å². The molecule has 1 aliphatic rings. The Kier molecular flexibility index (Phi) is 6.80. The van der Waals surface area contributed by atoms with Crippen LogP contribution >= 0.6 is 0 Å². The van der Waals surface area contributed by atoms with Gasteiger partial charge < -0.3 is 15.1 Å². The molecule has 6 nitrogen and oxygen atoms in total. The van der Waals surface area contributed by atoms with Gasteiger partial charge in [0.1, 0.15) is 0 Å². The lowest BCUT2D eigenvalue weighted by molar-refractivity contribution is -0.130. The van der Waals surface area contributed by atoms with E-state index in [1.54, 1.807) is 19.0 Å². The maximum absolute atomic E-state index is 11.9. The molecule has 1 saturated heterocycles. The molecule has 0 atom stereocenters. The van der Waals surface area contributed by atoms with E-state index in [1.165, 1.54) is 0 Å². The van der Waals surface area contributed by atoms with Crippen LogP contribution in [-0.2, 0) is 9.59 Å². The molecule has 1 N–H and O–H groups in total. The first-order valence-electron chi connectivity index (χ1n) is 6.89. The monoisotopic (exact) mass is 270 g/mol. The minimum absolute atomic E-state index is 0.120. The van der Waals surface area contributed by atoms with Crippen LogP contribution in [0.3, 0.4) is 0 Å². The van der Waals surface area contributed by atoms with Crippen LogP contribution in [-0.4, -0.2) is 86.9 Å². The predicted molar refractivity (Wildman–Crippen MR) is 74.9 cm³/mol. The van der Waals surface area contributed by atoms with E-state index >= 15 is 0 Å². The van der Waals surface area contributed by atoms with Crippen LogP contribution in [0.25, 0.3) is 0 Å². The Morgan fingerprint density at radius 3 is 2.53 bits per heavy atom. The molecule has 0 aromatic rings. The summed E-state index contributed by atoms with van der Waals surface area (Å²) in [5, 5.41) is 2.99. The smallest absolute Gasteiger partial charge is 0.236 e. The van der Waals surface area contributed by atoms with Crippen molar-refractivity contribution in [1.82, 2.24) is 20.0 Å². The molecule has 0 saturated carbocycles. The fourth-order valence-corrected chi connectivity index (χ4v) is 2.10. The van der Waals surface area contributed by atoms with Gasteiger partial charge in [0.2, 0.25) is 11.8 Å². The van der Waals surface area contributed by atoms with E-state index in [9.17, 15) is 9.59 Å². The summed E-state index contributed by atoms with van der Waals surface area (Å²) < 4.78 is 0. The molecule has 0 aliphatic carbocycles. The summed E-state index contributed by atoms with van der Waals surface area (Å²) in [6, 6.07) is 0. The summed E-state index contributed by atoms with van der Waals surface area (Å²) in [6.07, 6.45) is 1.49. The summed E-state index contributed by atoms with van der Waals surface area (Å²) in [7, 11) is 5.39. The second kappa shape index (κ2) is 8.12. The third-order valence-corrected chi connectivity index (χ3v) is 3.39. The third kappa shape index (κ3) is 5.57. The number of rotatable bonds is 5. The van der Waals surface area contributed by atoms with Crippen LogP contribution < -0.4 is 5.32 Å². The zero-order chi connectivity index (χ0) is 14.3. The number of amides is 2. The summed E-state index contributed by atoms with van der Waals surface area (Å²) in [6.45, 7) is 4.36. The van der Waals surface area contributed by atoms with Crippen molar-refractivity contribution in [1.29, 1.82) is 0 Å². The first-order valence-corrected chi connectivity index (χ1v) is 6.89. The zero-order valence-corrected chi connectivity index (χ0v) is 12.3. The second-order valence-electron chi connectivity index (χ2n) is 5.15. The molecule has 2 amide bonds. The lowest BCUT2D eigenvalue weighted by Crippen LogP contribution is -2.40. The van der Waals surface area contributed by atoms with Gasteiger partial charge in [-0.2, -0.15) is 0 Å². The molecule has 0 aromatic heterocycles. The summed E-state index contributed by atoms with van der Waals surface area (Å²) in [5.74, 6) is 0.324. The van der Waals surface area contributed by atoms with E-state index in [4.69, 9.17) is 0 Å². The molecule has 6 heteroatoms. The Hall–Kier alpha value is -1.14. The lowest BCUT2D eigenvalue weighted by atomic mass is 10.3. The van der Waals surface area contributed by atoms with Gasteiger partial charge in [0.05, 0.1) is 6.54 Å². The van der Waals surface area contributed by atoms with Gasteiger partial charge in [0, 0.05) is 53.2 Å². The minimum Gasteiger partial charge on any atom is -0.348 e. The highest BCUT2D eigenvalue weighted by atomic mass is 16.2. The van der Waals surface area contributed by atoms with Crippen molar-refractivity contribution in [2.24, 2.45) is 0 Å². The van der Waals surface area contributed by atoms with E-state index in [0.717, 1.165) is 39.1 Å². The summed E-state index contributed by atoms with van der Waals surface area (Å²) >= 11 is 0. The largest absolute Gasteiger partial charge is 0.348 e. The molecule has 1 rings (SSSR count). The molecule has 0 bridgehead atoms. The standard InChI is InChI=1S/C13H26N4O2/c1-14-6-5-12(18)17-8-4-7-16(9-10-17)11-13(19)15(2)3/h14H,4-11H2,1-3H3. The molecule has 1 fully saturated rings. The Balaban J connectivity index is 2.38. The molecule has 0 aromatic carbocycles. The van der Waals surface area contributed by atoms with Crippen LogP contribution in [0.1, 0.15) is 12.8 Å². The number of carbonyl (C=O) groups excluding carboxylic acids is 2. The fourth-order valence-electron chi connectivity index (χ4n) is 2.10. The van der Waals surface area contributed by atoms with Crippen LogP contribution in [0.15, 0.2) is 0 Å². The van der Waals surface area contributed by atoms with Gasteiger partial charge >= 0.3 is 0 Å². The molecule has 0 spiro atoms. The van der Waals surface area contributed by atoms with Gasteiger partial charge in [0.15, 0.2) is 0 Å². The van der Waals surface area contributed by atoms with E-state index in [2.05, 4.69) is 10.2 Å². The highest BCUT2D eigenvalue weighted by Gasteiger charge is 2.20. The molecular formula is C13H26N4O2. The van der Waals surface area contributed by atoms with Crippen LogP contribution in [0.2, 0.25) is 0 Å². The Labute approximate surface area is 115 Å². The summed E-state index contributed by atoms with van der Waals surface area (Å²) in [5.41, 5.74) is 0. The predicted octanol–water partition coefficient (Wildman–Crippen LogP) is -0.782. The van der Waals surface area contributed by atoms with Crippen LogP contribution in [0.4, 0.5) is 0 Å². The van der Waals surface area contributed by atoms with Crippen molar-refractivity contribution in [3.05, 3.63) is 0 Å². The van der Waals surface area contributed by atoms with E-state index in [1.807, 2.05) is 11.9 Å². The zero-order valence-electron chi connectivity index (χ0n) is 12.3. The van der Waals surface area contributed by atoms with Gasteiger partial charge in [-0.15, -0.1) is 0 Å². The highest BCUT2D eigenvalue weighted by Crippen LogP contribution is 2.05. The average Bonchev–Trinajstić information content (AvgIpc) is 2.61. The van der Waals surface area contributed by atoms with Gasteiger partial charge in [-0.3, -0.25) is 14.5 Å². The van der Waals surface area contributed by atoms with Crippen molar-refractivity contribution in [3.8, 4) is 0 Å². The van der Waals surface area contributed by atoms with Crippen molar-refractivity contribution in [2.45, 2.75) is 12.8 Å². The fraction of sp³-hybridized carbons (Fsp3) is 0.846. The highest BCUT2D eigenvalue weighted by molar-refractivity contribution is 5.78. The molecule has 1 heterocycles. The van der Waals surface area contributed by atoms with Gasteiger partial charge in [-0.25, -0.2) is 0 Å². The Morgan fingerprint density at radius 2 is 1.89 bits per heavy atom. The second-order valence-corrected chi connectivity index (χ2v) is 5.15. The quantitative estimate of drug-likeness (QED) is 0.712. The maximum Gasteiger partial charge on any atom is 0.236 e. The number of hydrogen-bond acceptors (Lipinski definition) is 4. The first-order chi connectivity index (χ1) is 9.04. The van der Waals surface area contributed by atoms with Crippen LogP contribution in [0, 0.1) is 0 Å². The molecule has 110 valence electrons. The Morgan fingerprint density at radius 1 is 1.16 bits per heavy atom. The number of nitrogens with one attached hydrogen (secondary N) is 1. The number of likely N-dealkylation sites (N-methyl/N-ethyl adjacent to an activating group) is 1. The molecule has 1 aliphatic heterocycles. The van der Waals surface area contributed by atoms with Crippen molar-refractivity contribution < 1.29 is 9.59 Å². The molecular weight excluding hydrogens is 244 g/mol. The molecule has 0 radical (unpaired) electrons. The van der Waals surface area contributed by atoms with Crippen LogP contribution in [0.5, 0.6) is 0 Å².